The second-order valence-corrected chi connectivity index (χ2v) is 8.62. The standard InChI is InChI=1S/C22H34FN3O/c23-21-5-1-2-6-22(21)25-14-9-19(10-15-25)26-11-3-4-20(16-26)24-12-7-18(17-27)8-13-24/h1-2,5-6,18-20,27H,3-4,7-17H2. The highest BCUT2D eigenvalue weighted by Gasteiger charge is 2.33. The van der Waals surface area contributed by atoms with Crippen LogP contribution in [0.3, 0.4) is 0 Å². The predicted octanol–water partition coefficient (Wildman–Crippen LogP) is 2.96. The SMILES string of the molecule is OCC1CCN(C2CCCN(C3CCN(c4ccccc4F)CC3)C2)CC1. The number of para-hydroxylation sites is 1. The molecule has 3 saturated heterocycles. The molecular weight excluding hydrogens is 341 g/mol. The van der Waals surface area contributed by atoms with E-state index in [1.165, 1.54) is 25.9 Å². The van der Waals surface area contributed by atoms with Gasteiger partial charge in [-0.3, -0.25) is 9.80 Å². The molecular formula is C22H34FN3O. The fourth-order valence-corrected chi connectivity index (χ4v) is 5.29. The lowest BCUT2D eigenvalue weighted by Crippen LogP contribution is -2.54. The van der Waals surface area contributed by atoms with Gasteiger partial charge in [-0.1, -0.05) is 12.1 Å². The van der Waals surface area contributed by atoms with E-state index in [4.69, 9.17) is 0 Å². The maximum Gasteiger partial charge on any atom is 0.146 e. The zero-order valence-corrected chi connectivity index (χ0v) is 16.4. The summed E-state index contributed by atoms with van der Waals surface area (Å²) >= 11 is 0. The molecule has 150 valence electrons. The Morgan fingerprint density at radius 2 is 1.59 bits per heavy atom. The Bertz CT molecular complexity index is 597. The van der Waals surface area contributed by atoms with Crippen LogP contribution >= 0.6 is 0 Å². The van der Waals surface area contributed by atoms with Gasteiger partial charge < -0.3 is 10.0 Å². The van der Waals surface area contributed by atoms with Crippen LogP contribution in [0.4, 0.5) is 10.1 Å². The Labute approximate surface area is 162 Å². The van der Waals surface area contributed by atoms with Gasteiger partial charge in [0.05, 0.1) is 5.69 Å². The molecule has 0 amide bonds. The number of rotatable bonds is 4. The quantitative estimate of drug-likeness (QED) is 0.876. The molecule has 0 bridgehead atoms. The Morgan fingerprint density at radius 1 is 0.852 bits per heavy atom. The molecule has 1 aromatic carbocycles. The van der Waals surface area contributed by atoms with Crippen molar-refractivity contribution in [1.29, 1.82) is 0 Å². The van der Waals surface area contributed by atoms with E-state index in [-0.39, 0.29) is 5.82 Å². The maximum absolute atomic E-state index is 14.1. The van der Waals surface area contributed by atoms with Crippen molar-refractivity contribution in [3.8, 4) is 0 Å². The van der Waals surface area contributed by atoms with Crippen molar-refractivity contribution in [2.24, 2.45) is 5.92 Å². The van der Waals surface area contributed by atoms with Gasteiger partial charge in [0.25, 0.3) is 0 Å². The normalized spacial score (nSPS) is 27.2. The van der Waals surface area contributed by atoms with Gasteiger partial charge in [0, 0.05) is 38.3 Å². The zero-order chi connectivity index (χ0) is 18.6. The first-order valence-corrected chi connectivity index (χ1v) is 10.8. The summed E-state index contributed by atoms with van der Waals surface area (Å²) in [5.74, 6) is 0.420. The monoisotopic (exact) mass is 375 g/mol. The number of anilines is 1. The predicted molar refractivity (Wildman–Crippen MR) is 108 cm³/mol. The van der Waals surface area contributed by atoms with Gasteiger partial charge in [-0.15, -0.1) is 0 Å². The molecule has 0 radical (unpaired) electrons. The number of piperidine rings is 3. The lowest BCUT2D eigenvalue weighted by Gasteiger charge is -2.46. The van der Waals surface area contributed by atoms with E-state index in [2.05, 4.69) is 14.7 Å². The van der Waals surface area contributed by atoms with Gasteiger partial charge in [-0.2, -0.15) is 0 Å². The second-order valence-electron chi connectivity index (χ2n) is 8.62. The number of halogens is 1. The molecule has 0 aliphatic carbocycles. The number of aliphatic hydroxyl groups excluding tert-OH is 1. The highest BCUT2D eigenvalue weighted by Crippen LogP contribution is 2.28. The number of likely N-dealkylation sites (tertiary alicyclic amines) is 2. The van der Waals surface area contributed by atoms with Crippen LogP contribution in [0.15, 0.2) is 24.3 Å². The Hall–Kier alpha value is -1.17. The van der Waals surface area contributed by atoms with Gasteiger partial charge >= 0.3 is 0 Å². The van der Waals surface area contributed by atoms with Crippen molar-refractivity contribution in [1.82, 2.24) is 9.80 Å². The third-order valence-corrected chi connectivity index (χ3v) is 7.03. The highest BCUT2D eigenvalue weighted by atomic mass is 19.1. The molecule has 4 rings (SSSR count). The molecule has 0 spiro atoms. The molecule has 3 heterocycles. The molecule has 3 fully saturated rings. The van der Waals surface area contributed by atoms with E-state index in [9.17, 15) is 9.50 Å². The van der Waals surface area contributed by atoms with Crippen molar-refractivity contribution in [2.75, 3.05) is 50.8 Å². The largest absolute Gasteiger partial charge is 0.396 e. The van der Waals surface area contributed by atoms with E-state index in [1.807, 2.05) is 12.1 Å². The van der Waals surface area contributed by atoms with Crippen LogP contribution in [0.2, 0.25) is 0 Å². The topological polar surface area (TPSA) is 30.0 Å². The number of benzene rings is 1. The molecule has 4 nitrogen and oxygen atoms in total. The smallest absolute Gasteiger partial charge is 0.146 e. The number of hydrogen-bond donors (Lipinski definition) is 1. The maximum atomic E-state index is 14.1. The molecule has 5 heteroatoms. The lowest BCUT2D eigenvalue weighted by atomic mass is 9.93. The minimum Gasteiger partial charge on any atom is -0.396 e. The minimum atomic E-state index is -0.0970. The Kier molecular flexibility index (Phi) is 6.31. The van der Waals surface area contributed by atoms with Crippen molar-refractivity contribution in [3.05, 3.63) is 30.1 Å². The first-order valence-electron chi connectivity index (χ1n) is 10.8. The second kappa shape index (κ2) is 8.89. The van der Waals surface area contributed by atoms with Crippen molar-refractivity contribution < 1.29 is 9.50 Å². The Morgan fingerprint density at radius 3 is 2.30 bits per heavy atom. The number of hydrogen-bond acceptors (Lipinski definition) is 4. The van der Waals surface area contributed by atoms with Crippen molar-refractivity contribution in [3.63, 3.8) is 0 Å². The molecule has 27 heavy (non-hydrogen) atoms. The van der Waals surface area contributed by atoms with Crippen LogP contribution < -0.4 is 4.90 Å². The molecule has 3 aliphatic heterocycles. The van der Waals surface area contributed by atoms with Gasteiger partial charge in [-0.25, -0.2) is 4.39 Å². The highest BCUT2D eigenvalue weighted by molar-refractivity contribution is 5.47. The van der Waals surface area contributed by atoms with Crippen LogP contribution in [0.1, 0.15) is 38.5 Å². The molecule has 1 aromatic rings. The number of nitrogens with zero attached hydrogens (tertiary/aromatic N) is 3. The summed E-state index contributed by atoms with van der Waals surface area (Å²) in [7, 11) is 0. The fraction of sp³-hybridized carbons (Fsp3) is 0.727. The average molecular weight is 376 g/mol. The minimum absolute atomic E-state index is 0.0970. The lowest BCUT2D eigenvalue weighted by molar-refractivity contribution is 0.0368. The average Bonchev–Trinajstić information content (AvgIpc) is 2.74. The summed E-state index contributed by atoms with van der Waals surface area (Å²) in [6.07, 6.45) is 7.16. The Balaban J connectivity index is 1.29. The molecule has 0 saturated carbocycles. The summed E-state index contributed by atoms with van der Waals surface area (Å²) in [5, 5.41) is 9.37. The van der Waals surface area contributed by atoms with Crippen molar-refractivity contribution in [2.45, 2.75) is 50.6 Å². The van der Waals surface area contributed by atoms with Gasteiger partial charge in [0.1, 0.15) is 5.82 Å². The van der Waals surface area contributed by atoms with E-state index in [0.717, 1.165) is 57.5 Å². The van der Waals surface area contributed by atoms with Crippen LogP contribution in [0, 0.1) is 11.7 Å². The number of aliphatic hydroxyl groups is 1. The van der Waals surface area contributed by atoms with Crippen LogP contribution in [0.25, 0.3) is 0 Å². The van der Waals surface area contributed by atoms with Crippen LogP contribution in [0.5, 0.6) is 0 Å². The summed E-state index contributed by atoms with van der Waals surface area (Å²) in [5.41, 5.74) is 0.763. The molecule has 1 unspecified atom stereocenters. The van der Waals surface area contributed by atoms with Crippen molar-refractivity contribution >= 4 is 5.69 Å². The van der Waals surface area contributed by atoms with Gasteiger partial charge in [0.2, 0.25) is 0 Å². The molecule has 0 aromatic heterocycles. The summed E-state index contributed by atoms with van der Waals surface area (Å²) < 4.78 is 14.1. The molecule has 1 atom stereocenters. The molecule has 1 N–H and O–H groups in total. The van der Waals surface area contributed by atoms with E-state index in [1.54, 1.807) is 12.1 Å². The molecule has 3 aliphatic rings. The summed E-state index contributed by atoms with van der Waals surface area (Å²) in [6.45, 7) is 6.96. The van der Waals surface area contributed by atoms with E-state index >= 15 is 0 Å². The first-order chi connectivity index (χ1) is 13.2. The van der Waals surface area contributed by atoms with Gasteiger partial charge in [0.15, 0.2) is 0 Å². The van der Waals surface area contributed by atoms with Crippen LogP contribution in [-0.2, 0) is 0 Å². The van der Waals surface area contributed by atoms with E-state index in [0.29, 0.717) is 24.6 Å². The third-order valence-electron chi connectivity index (χ3n) is 7.03. The fourth-order valence-electron chi connectivity index (χ4n) is 5.29. The summed E-state index contributed by atoms with van der Waals surface area (Å²) in [6, 6.07) is 8.50. The summed E-state index contributed by atoms with van der Waals surface area (Å²) in [4.78, 5) is 7.60. The zero-order valence-electron chi connectivity index (χ0n) is 16.4. The third kappa shape index (κ3) is 4.47. The van der Waals surface area contributed by atoms with Gasteiger partial charge in [-0.05, 0) is 76.2 Å². The van der Waals surface area contributed by atoms with Crippen LogP contribution in [-0.4, -0.2) is 72.9 Å². The first kappa shape index (κ1) is 19.2. The van der Waals surface area contributed by atoms with E-state index < -0.39 is 0 Å².